The maximum atomic E-state index is 12.1. The van der Waals surface area contributed by atoms with E-state index in [9.17, 15) is 9.59 Å². The van der Waals surface area contributed by atoms with Gasteiger partial charge >= 0.3 is 0 Å². The van der Waals surface area contributed by atoms with Crippen molar-refractivity contribution in [3.8, 4) is 0 Å². The number of ether oxygens (including phenoxy) is 1. The van der Waals surface area contributed by atoms with Gasteiger partial charge in [-0.15, -0.1) is 0 Å². The number of nitrogens with one attached hydrogen (secondary N) is 3. The third-order valence-electron chi connectivity index (χ3n) is 2.48. The number of carbonyl (C=O) groups excluding carboxylic acids is 2. The van der Waals surface area contributed by atoms with E-state index >= 15 is 0 Å². The number of pyridine rings is 1. The molecule has 0 aliphatic heterocycles. The lowest BCUT2D eigenvalue weighted by molar-refractivity contribution is -0.120. The van der Waals surface area contributed by atoms with Gasteiger partial charge in [0.05, 0.1) is 18.7 Å². The Balaban J connectivity index is 2.58. The minimum atomic E-state index is -0.360. The van der Waals surface area contributed by atoms with E-state index in [1.807, 2.05) is 6.92 Å². The van der Waals surface area contributed by atoms with E-state index < -0.39 is 0 Å². The zero-order valence-corrected chi connectivity index (χ0v) is 13.6. The van der Waals surface area contributed by atoms with Crippen LogP contribution in [-0.2, 0) is 9.53 Å². The third-order valence-corrected chi connectivity index (χ3v) is 2.91. The monoisotopic (exact) mass is 358 g/mol. The van der Waals surface area contributed by atoms with E-state index in [2.05, 4.69) is 36.9 Å². The number of hydrogen-bond acceptors (Lipinski definition) is 5. The first kappa shape index (κ1) is 17.4. The standard InChI is InChI=1S/C13H19BrN4O3/c1-3-15-12-10(6-9(14)7-17-12)13(20)18-8-11(19)16-4-5-21-2/h6-7H,3-5,8H2,1-2H3,(H,15,17)(H,16,19)(H,18,20). The zero-order chi connectivity index (χ0) is 15.7. The molecule has 0 unspecified atom stereocenters. The van der Waals surface area contributed by atoms with Gasteiger partial charge in [-0.1, -0.05) is 0 Å². The summed E-state index contributed by atoms with van der Waals surface area (Å²) in [6, 6.07) is 1.66. The Bertz CT molecular complexity index is 496. The van der Waals surface area contributed by atoms with Gasteiger partial charge in [0.15, 0.2) is 0 Å². The summed E-state index contributed by atoms with van der Waals surface area (Å²) >= 11 is 3.27. The lowest BCUT2D eigenvalue weighted by Gasteiger charge is -2.10. The molecule has 0 spiro atoms. The molecule has 1 aromatic heterocycles. The van der Waals surface area contributed by atoms with E-state index in [0.29, 0.717) is 35.6 Å². The highest BCUT2D eigenvalue weighted by atomic mass is 79.9. The number of hydrogen-bond donors (Lipinski definition) is 3. The Morgan fingerprint density at radius 1 is 1.38 bits per heavy atom. The highest BCUT2D eigenvalue weighted by molar-refractivity contribution is 9.10. The Hall–Kier alpha value is -1.67. The maximum Gasteiger partial charge on any atom is 0.255 e. The van der Waals surface area contributed by atoms with Crippen LogP contribution in [0, 0.1) is 0 Å². The Morgan fingerprint density at radius 3 is 2.81 bits per heavy atom. The average Bonchev–Trinajstić information content (AvgIpc) is 2.47. The highest BCUT2D eigenvalue weighted by Crippen LogP contribution is 2.17. The fourth-order valence-electron chi connectivity index (χ4n) is 1.53. The van der Waals surface area contributed by atoms with Crippen molar-refractivity contribution < 1.29 is 14.3 Å². The molecule has 0 saturated carbocycles. The number of anilines is 1. The molecule has 1 heterocycles. The van der Waals surface area contributed by atoms with Gasteiger partial charge in [0.1, 0.15) is 5.82 Å². The van der Waals surface area contributed by atoms with Crippen molar-refractivity contribution in [1.82, 2.24) is 15.6 Å². The van der Waals surface area contributed by atoms with E-state index in [-0.39, 0.29) is 18.4 Å². The number of aromatic nitrogens is 1. The maximum absolute atomic E-state index is 12.1. The van der Waals surface area contributed by atoms with Gasteiger partial charge in [-0.25, -0.2) is 4.98 Å². The van der Waals surface area contributed by atoms with Crippen LogP contribution in [0.2, 0.25) is 0 Å². The van der Waals surface area contributed by atoms with Crippen molar-refractivity contribution in [2.24, 2.45) is 0 Å². The summed E-state index contributed by atoms with van der Waals surface area (Å²) < 4.78 is 5.51. The van der Waals surface area contributed by atoms with Crippen molar-refractivity contribution in [1.29, 1.82) is 0 Å². The van der Waals surface area contributed by atoms with Crippen molar-refractivity contribution in [3.05, 3.63) is 22.3 Å². The second kappa shape index (κ2) is 9.30. The quantitative estimate of drug-likeness (QED) is 0.597. The van der Waals surface area contributed by atoms with Crippen LogP contribution in [0.25, 0.3) is 0 Å². The van der Waals surface area contributed by atoms with Crippen LogP contribution < -0.4 is 16.0 Å². The molecule has 116 valence electrons. The average molecular weight is 359 g/mol. The molecule has 0 bridgehead atoms. The van der Waals surface area contributed by atoms with Crippen LogP contribution in [0.15, 0.2) is 16.7 Å². The number of halogens is 1. The van der Waals surface area contributed by atoms with E-state index in [1.165, 1.54) is 0 Å². The van der Waals surface area contributed by atoms with Crippen molar-refractivity contribution in [3.63, 3.8) is 0 Å². The van der Waals surface area contributed by atoms with Crippen molar-refractivity contribution in [2.75, 3.05) is 38.7 Å². The molecule has 1 aromatic rings. The number of carbonyl (C=O) groups is 2. The van der Waals surface area contributed by atoms with Crippen LogP contribution in [-0.4, -0.2) is 50.1 Å². The molecule has 0 radical (unpaired) electrons. The van der Waals surface area contributed by atoms with Gasteiger partial charge in [0.2, 0.25) is 5.91 Å². The van der Waals surface area contributed by atoms with Gasteiger partial charge in [-0.05, 0) is 28.9 Å². The molecule has 0 aliphatic carbocycles. The summed E-state index contributed by atoms with van der Waals surface area (Å²) in [6.45, 7) is 3.30. The summed E-state index contributed by atoms with van der Waals surface area (Å²) in [5.41, 5.74) is 0.385. The summed E-state index contributed by atoms with van der Waals surface area (Å²) in [4.78, 5) is 27.8. The lowest BCUT2D eigenvalue weighted by atomic mass is 10.2. The first-order valence-electron chi connectivity index (χ1n) is 6.51. The third kappa shape index (κ3) is 6.09. The molecule has 2 amide bonds. The molecule has 7 nitrogen and oxygen atoms in total. The predicted octanol–water partition coefficient (Wildman–Crippen LogP) is 0.768. The van der Waals surface area contributed by atoms with E-state index in [0.717, 1.165) is 0 Å². The molecule has 3 N–H and O–H groups in total. The number of rotatable bonds is 8. The van der Waals surface area contributed by atoms with Crippen LogP contribution in [0.5, 0.6) is 0 Å². The second-order valence-corrected chi connectivity index (χ2v) is 5.02. The first-order valence-corrected chi connectivity index (χ1v) is 7.31. The lowest BCUT2D eigenvalue weighted by Crippen LogP contribution is -2.38. The van der Waals surface area contributed by atoms with Gasteiger partial charge in [-0.2, -0.15) is 0 Å². The minimum Gasteiger partial charge on any atom is -0.383 e. The first-order chi connectivity index (χ1) is 10.1. The Labute approximate surface area is 132 Å². The molecular weight excluding hydrogens is 340 g/mol. The Kier molecular flexibility index (Phi) is 7.70. The molecular formula is C13H19BrN4O3. The normalized spacial score (nSPS) is 10.0. The summed E-state index contributed by atoms with van der Waals surface area (Å²) in [5.74, 6) is -0.145. The van der Waals surface area contributed by atoms with Gasteiger partial charge in [0.25, 0.3) is 5.91 Å². The molecule has 8 heteroatoms. The van der Waals surface area contributed by atoms with Crippen LogP contribution in [0.3, 0.4) is 0 Å². The minimum absolute atomic E-state index is 0.0966. The summed E-state index contributed by atoms with van der Waals surface area (Å²) in [7, 11) is 1.55. The highest BCUT2D eigenvalue weighted by Gasteiger charge is 2.14. The van der Waals surface area contributed by atoms with Crippen molar-refractivity contribution >= 4 is 33.6 Å². The van der Waals surface area contributed by atoms with E-state index in [4.69, 9.17) is 4.74 Å². The molecule has 0 aromatic carbocycles. The number of nitrogens with zero attached hydrogens (tertiary/aromatic N) is 1. The topological polar surface area (TPSA) is 92.4 Å². The molecule has 0 atom stereocenters. The fraction of sp³-hybridized carbons (Fsp3) is 0.462. The molecule has 0 saturated heterocycles. The molecule has 0 aliphatic rings. The molecule has 0 fully saturated rings. The molecule has 1 rings (SSSR count). The summed E-state index contributed by atoms with van der Waals surface area (Å²) in [6.07, 6.45) is 1.60. The zero-order valence-electron chi connectivity index (χ0n) is 12.0. The van der Waals surface area contributed by atoms with Crippen molar-refractivity contribution in [2.45, 2.75) is 6.92 Å². The van der Waals surface area contributed by atoms with Gasteiger partial charge < -0.3 is 20.7 Å². The smallest absolute Gasteiger partial charge is 0.255 e. The predicted molar refractivity (Wildman–Crippen MR) is 83.3 cm³/mol. The fourth-order valence-corrected chi connectivity index (χ4v) is 1.86. The van der Waals surface area contributed by atoms with Gasteiger partial charge in [-0.3, -0.25) is 9.59 Å². The van der Waals surface area contributed by atoms with Crippen LogP contribution in [0.1, 0.15) is 17.3 Å². The molecule has 21 heavy (non-hydrogen) atoms. The van der Waals surface area contributed by atoms with Gasteiger partial charge in [0, 0.05) is 30.9 Å². The van der Waals surface area contributed by atoms with Crippen LogP contribution >= 0.6 is 15.9 Å². The van der Waals surface area contributed by atoms with E-state index in [1.54, 1.807) is 19.4 Å². The number of methoxy groups -OCH3 is 1. The van der Waals surface area contributed by atoms with Crippen LogP contribution in [0.4, 0.5) is 5.82 Å². The number of amides is 2. The summed E-state index contributed by atoms with van der Waals surface area (Å²) in [5, 5.41) is 8.19. The second-order valence-electron chi connectivity index (χ2n) is 4.11. The Morgan fingerprint density at radius 2 is 2.14 bits per heavy atom. The largest absolute Gasteiger partial charge is 0.383 e. The SMILES string of the molecule is CCNc1ncc(Br)cc1C(=O)NCC(=O)NCCOC.